The van der Waals surface area contributed by atoms with Crippen LogP contribution in [0.3, 0.4) is 0 Å². The number of carbonyl (C=O) groups excluding carboxylic acids is 1. The normalized spacial score (nSPS) is 9.54. The van der Waals surface area contributed by atoms with Gasteiger partial charge in [0.05, 0.1) is 0 Å². The Morgan fingerprint density at radius 3 is 2.77 bits per heavy atom. The van der Waals surface area contributed by atoms with Gasteiger partial charge in [0.25, 0.3) is 0 Å². The van der Waals surface area contributed by atoms with Crippen LogP contribution in [0.2, 0.25) is 0 Å². The van der Waals surface area contributed by atoms with Crippen LogP contribution < -0.4 is 5.73 Å². The Morgan fingerprint density at radius 2 is 2.08 bits per heavy atom. The molecule has 0 spiro atoms. The fourth-order valence-corrected chi connectivity index (χ4v) is 1.20. The number of aromatic amines is 1. The maximum atomic E-state index is 10.8. The first-order valence-corrected chi connectivity index (χ1v) is 3.64. The number of carbonyl (C=O) groups is 1. The van der Waals surface area contributed by atoms with Crippen LogP contribution in [0.1, 0.15) is 10.4 Å². The average molecular weight is 288 g/mol. The summed E-state index contributed by atoms with van der Waals surface area (Å²) in [4.78, 5) is 13.8. The second kappa shape index (κ2) is 3.78. The third kappa shape index (κ3) is 1.82. The molecule has 3 N–H and O–H groups in total. The summed E-state index contributed by atoms with van der Waals surface area (Å²) in [5, 5.41) is 1.08. The van der Waals surface area contributed by atoms with Crippen molar-refractivity contribution in [3.63, 3.8) is 0 Å². The highest BCUT2D eigenvalue weighted by Gasteiger charge is 2.00. The van der Waals surface area contributed by atoms with Gasteiger partial charge in [0.15, 0.2) is 0 Å². The zero-order chi connectivity index (χ0) is 8.55. The molecule has 0 saturated carbocycles. The van der Waals surface area contributed by atoms with Gasteiger partial charge < -0.3 is 10.7 Å². The predicted molar refractivity (Wildman–Crippen MR) is 62.2 cm³/mol. The van der Waals surface area contributed by atoms with Crippen molar-refractivity contribution in [2.75, 3.05) is 0 Å². The van der Waals surface area contributed by atoms with E-state index in [-0.39, 0.29) is 24.0 Å². The Labute approximate surface area is 92.3 Å². The van der Waals surface area contributed by atoms with E-state index in [0.29, 0.717) is 5.56 Å². The minimum absolute atomic E-state index is 0. The van der Waals surface area contributed by atoms with Crippen LogP contribution in [-0.4, -0.2) is 10.9 Å². The van der Waals surface area contributed by atoms with Crippen LogP contribution in [0.4, 0.5) is 0 Å². The van der Waals surface area contributed by atoms with Crippen molar-refractivity contribution in [2.24, 2.45) is 5.73 Å². The van der Waals surface area contributed by atoms with Crippen molar-refractivity contribution >= 4 is 40.8 Å². The summed E-state index contributed by atoms with van der Waals surface area (Å²) in [6, 6.07) is 7.28. The molecule has 13 heavy (non-hydrogen) atoms. The first-order valence-electron chi connectivity index (χ1n) is 3.64. The number of halogens is 1. The molecule has 1 aromatic heterocycles. The SMILES string of the molecule is I.NC(=O)c1ccc2cc[nH]c2c1. The fourth-order valence-electron chi connectivity index (χ4n) is 1.20. The van der Waals surface area contributed by atoms with Gasteiger partial charge in [-0.3, -0.25) is 4.79 Å². The van der Waals surface area contributed by atoms with Gasteiger partial charge in [-0.05, 0) is 23.6 Å². The number of nitrogens with one attached hydrogen (secondary N) is 1. The Hall–Kier alpha value is -1.04. The fraction of sp³-hybridized carbons (Fsp3) is 0. The molecule has 3 nitrogen and oxygen atoms in total. The maximum Gasteiger partial charge on any atom is 0.248 e. The summed E-state index contributed by atoms with van der Waals surface area (Å²) in [5.74, 6) is -0.397. The number of H-pyrrole nitrogens is 1. The average Bonchev–Trinajstić information content (AvgIpc) is 2.49. The van der Waals surface area contributed by atoms with Crippen molar-refractivity contribution in [2.45, 2.75) is 0 Å². The quantitative estimate of drug-likeness (QED) is 0.773. The van der Waals surface area contributed by atoms with E-state index in [1.807, 2.05) is 18.3 Å². The predicted octanol–water partition coefficient (Wildman–Crippen LogP) is 1.88. The molecular formula is C9H9IN2O. The standard InChI is InChI=1S/C9H8N2O.HI/c10-9(12)7-2-1-6-3-4-11-8(6)5-7;/h1-5,11H,(H2,10,12);1H. The largest absolute Gasteiger partial charge is 0.366 e. The molecule has 0 unspecified atom stereocenters. The van der Waals surface area contributed by atoms with E-state index in [2.05, 4.69) is 4.98 Å². The number of primary amides is 1. The van der Waals surface area contributed by atoms with E-state index < -0.39 is 5.91 Å². The first kappa shape index (κ1) is 10.0. The van der Waals surface area contributed by atoms with Gasteiger partial charge in [0.1, 0.15) is 0 Å². The topological polar surface area (TPSA) is 58.9 Å². The summed E-state index contributed by atoms with van der Waals surface area (Å²) in [5.41, 5.74) is 6.59. The number of benzene rings is 1. The molecule has 0 aliphatic heterocycles. The minimum atomic E-state index is -0.397. The van der Waals surface area contributed by atoms with E-state index in [0.717, 1.165) is 10.9 Å². The number of hydrogen-bond acceptors (Lipinski definition) is 1. The molecule has 0 bridgehead atoms. The van der Waals surface area contributed by atoms with Crippen LogP contribution in [0.5, 0.6) is 0 Å². The second-order valence-corrected chi connectivity index (χ2v) is 2.64. The van der Waals surface area contributed by atoms with Crippen molar-refractivity contribution in [3.05, 3.63) is 36.0 Å². The molecule has 0 aliphatic carbocycles. The van der Waals surface area contributed by atoms with Crippen molar-refractivity contribution in [3.8, 4) is 0 Å². The second-order valence-electron chi connectivity index (χ2n) is 2.64. The molecule has 1 heterocycles. The van der Waals surface area contributed by atoms with E-state index >= 15 is 0 Å². The van der Waals surface area contributed by atoms with Gasteiger partial charge in [-0.1, -0.05) is 6.07 Å². The Balaban J connectivity index is 0.000000845. The molecular weight excluding hydrogens is 279 g/mol. The lowest BCUT2D eigenvalue weighted by atomic mass is 10.1. The molecule has 2 rings (SSSR count). The molecule has 0 atom stereocenters. The van der Waals surface area contributed by atoms with E-state index in [4.69, 9.17) is 5.73 Å². The third-order valence-electron chi connectivity index (χ3n) is 1.84. The van der Waals surface area contributed by atoms with Gasteiger partial charge in [-0.25, -0.2) is 0 Å². The highest BCUT2D eigenvalue weighted by Crippen LogP contribution is 2.13. The van der Waals surface area contributed by atoms with Gasteiger partial charge in [0.2, 0.25) is 5.91 Å². The summed E-state index contributed by atoms with van der Waals surface area (Å²) >= 11 is 0. The van der Waals surface area contributed by atoms with Crippen LogP contribution in [0.15, 0.2) is 30.5 Å². The Kier molecular flexibility index (Phi) is 2.92. The smallest absolute Gasteiger partial charge is 0.248 e. The Bertz CT molecular complexity index is 436. The lowest BCUT2D eigenvalue weighted by Gasteiger charge is -1.94. The number of amides is 1. The molecule has 0 radical (unpaired) electrons. The van der Waals surface area contributed by atoms with E-state index in [1.165, 1.54) is 0 Å². The number of nitrogens with two attached hydrogens (primary N) is 1. The zero-order valence-corrected chi connectivity index (χ0v) is 9.11. The van der Waals surface area contributed by atoms with Crippen LogP contribution in [0, 0.1) is 0 Å². The number of fused-ring (bicyclic) bond motifs is 1. The molecule has 1 aromatic carbocycles. The molecule has 0 aliphatic rings. The number of aromatic nitrogens is 1. The monoisotopic (exact) mass is 288 g/mol. The summed E-state index contributed by atoms with van der Waals surface area (Å²) in [6.07, 6.45) is 1.83. The highest BCUT2D eigenvalue weighted by atomic mass is 127. The van der Waals surface area contributed by atoms with Gasteiger partial charge >= 0.3 is 0 Å². The van der Waals surface area contributed by atoms with Crippen molar-refractivity contribution in [1.29, 1.82) is 0 Å². The van der Waals surface area contributed by atoms with Gasteiger partial charge in [-0.15, -0.1) is 24.0 Å². The lowest BCUT2D eigenvalue weighted by Crippen LogP contribution is -2.10. The highest BCUT2D eigenvalue weighted by molar-refractivity contribution is 14.0. The summed E-state index contributed by atoms with van der Waals surface area (Å²) in [6.45, 7) is 0. The number of rotatable bonds is 1. The molecule has 2 aromatic rings. The minimum Gasteiger partial charge on any atom is -0.366 e. The third-order valence-corrected chi connectivity index (χ3v) is 1.84. The van der Waals surface area contributed by atoms with Gasteiger partial charge in [0, 0.05) is 17.3 Å². The zero-order valence-electron chi connectivity index (χ0n) is 6.78. The van der Waals surface area contributed by atoms with Crippen LogP contribution >= 0.6 is 24.0 Å². The summed E-state index contributed by atoms with van der Waals surface area (Å²) in [7, 11) is 0. The molecule has 0 fully saturated rings. The van der Waals surface area contributed by atoms with Crippen LogP contribution in [-0.2, 0) is 0 Å². The van der Waals surface area contributed by atoms with E-state index in [1.54, 1.807) is 12.1 Å². The van der Waals surface area contributed by atoms with Gasteiger partial charge in [-0.2, -0.15) is 0 Å². The summed E-state index contributed by atoms with van der Waals surface area (Å²) < 4.78 is 0. The molecule has 0 saturated heterocycles. The lowest BCUT2D eigenvalue weighted by molar-refractivity contribution is 0.100. The Morgan fingerprint density at radius 1 is 1.31 bits per heavy atom. The number of hydrogen-bond donors (Lipinski definition) is 2. The maximum absolute atomic E-state index is 10.8. The molecule has 1 amide bonds. The van der Waals surface area contributed by atoms with Crippen molar-refractivity contribution < 1.29 is 4.79 Å². The molecule has 4 heteroatoms. The van der Waals surface area contributed by atoms with Crippen LogP contribution in [0.25, 0.3) is 10.9 Å². The van der Waals surface area contributed by atoms with E-state index in [9.17, 15) is 4.79 Å². The van der Waals surface area contributed by atoms with Crippen molar-refractivity contribution in [1.82, 2.24) is 4.98 Å². The first-order chi connectivity index (χ1) is 5.77. The molecule has 68 valence electrons.